The van der Waals surface area contributed by atoms with Gasteiger partial charge in [-0.05, 0) is 37.9 Å². The molecular formula is C12H25NO2S. The third-order valence-electron chi connectivity index (χ3n) is 3.30. The molecule has 1 aliphatic rings. The van der Waals surface area contributed by atoms with Gasteiger partial charge in [-0.1, -0.05) is 6.92 Å². The fraction of sp³-hybridized carbons (Fsp3) is 1.00. The SMILES string of the molecule is CCC(O)(CN)CCCSCC1CCCO1. The van der Waals surface area contributed by atoms with Crippen LogP contribution >= 0.6 is 11.8 Å². The van der Waals surface area contributed by atoms with Crippen molar-refractivity contribution in [3.8, 4) is 0 Å². The Hall–Kier alpha value is 0.230. The van der Waals surface area contributed by atoms with E-state index in [1.807, 2.05) is 18.7 Å². The lowest BCUT2D eigenvalue weighted by atomic mass is 9.95. The van der Waals surface area contributed by atoms with Gasteiger partial charge in [0.25, 0.3) is 0 Å². The second-order valence-corrected chi connectivity index (χ2v) is 5.75. The molecule has 3 N–H and O–H groups in total. The third-order valence-corrected chi connectivity index (χ3v) is 4.48. The molecular weight excluding hydrogens is 222 g/mol. The van der Waals surface area contributed by atoms with Crippen molar-refractivity contribution in [2.75, 3.05) is 24.7 Å². The van der Waals surface area contributed by atoms with E-state index >= 15 is 0 Å². The van der Waals surface area contributed by atoms with E-state index in [-0.39, 0.29) is 0 Å². The highest BCUT2D eigenvalue weighted by Crippen LogP contribution is 2.20. The maximum absolute atomic E-state index is 9.98. The summed E-state index contributed by atoms with van der Waals surface area (Å²) in [6, 6.07) is 0. The fourth-order valence-electron chi connectivity index (χ4n) is 1.92. The van der Waals surface area contributed by atoms with Gasteiger partial charge >= 0.3 is 0 Å². The van der Waals surface area contributed by atoms with Crippen molar-refractivity contribution in [3.05, 3.63) is 0 Å². The predicted octanol–water partition coefficient (Wildman–Crippen LogP) is 1.78. The van der Waals surface area contributed by atoms with Gasteiger partial charge in [0, 0.05) is 18.9 Å². The van der Waals surface area contributed by atoms with E-state index in [1.54, 1.807) is 0 Å². The Kier molecular flexibility index (Phi) is 6.73. The van der Waals surface area contributed by atoms with Crippen molar-refractivity contribution in [3.63, 3.8) is 0 Å². The Morgan fingerprint density at radius 2 is 2.38 bits per heavy atom. The average molecular weight is 247 g/mol. The zero-order valence-corrected chi connectivity index (χ0v) is 11.1. The Labute approximate surface area is 103 Å². The summed E-state index contributed by atoms with van der Waals surface area (Å²) in [7, 11) is 0. The standard InChI is InChI=1S/C12H25NO2S/c1-2-12(14,10-13)6-4-8-16-9-11-5-3-7-15-11/h11,14H,2-10,13H2,1H3. The molecule has 0 aliphatic carbocycles. The van der Waals surface area contributed by atoms with Crippen LogP contribution in [0, 0.1) is 0 Å². The van der Waals surface area contributed by atoms with Crippen molar-refractivity contribution in [1.82, 2.24) is 0 Å². The number of aliphatic hydroxyl groups is 1. The Balaban J connectivity index is 1.98. The molecule has 96 valence electrons. The summed E-state index contributed by atoms with van der Waals surface area (Å²) < 4.78 is 5.55. The molecule has 0 spiro atoms. The van der Waals surface area contributed by atoms with E-state index in [2.05, 4.69) is 0 Å². The minimum atomic E-state index is -0.635. The summed E-state index contributed by atoms with van der Waals surface area (Å²) in [4.78, 5) is 0. The minimum absolute atomic E-state index is 0.375. The molecule has 1 saturated heterocycles. The van der Waals surface area contributed by atoms with Gasteiger partial charge < -0.3 is 15.6 Å². The summed E-state index contributed by atoms with van der Waals surface area (Å²) in [6.45, 7) is 3.31. The molecule has 1 aliphatic heterocycles. The summed E-state index contributed by atoms with van der Waals surface area (Å²) in [6.07, 6.45) is 5.52. The number of hydrogen-bond acceptors (Lipinski definition) is 4. The molecule has 1 fully saturated rings. The lowest BCUT2D eigenvalue weighted by Crippen LogP contribution is -2.36. The van der Waals surface area contributed by atoms with Crippen LogP contribution in [-0.2, 0) is 4.74 Å². The molecule has 0 aromatic carbocycles. The Morgan fingerprint density at radius 1 is 1.56 bits per heavy atom. The van der Waals surface area contributed by atoms with Crippen molar-refractivity contribution in [2.24, 2.45) is 5.73 Å². The smallest absolute Gasteiger partial charge is 0.0767 e. The molecule has 0 aromatic rings. The quantitative estimate of drug-likeness (QED) is 0.642. The monoisotopic (exact) mass is 247 g/mol. The topological polar surface area (TPSA) is 55.5 Å². The number of thioether (sulfide) groups is 1. The summed E-state index contributed by atoms with van der Waals surface area (Å²) in [5.74, 6) is 2.20. The van der Waals surface area contributed by atoms with Crippen molar-refractivity contribution in [2.45, 2.75) is 50.7 Å². The Bertz CT molecular complexity index is 180. The fourth-order valence-corrected chi connectivity index (χ4v) is 2.96. The second kappa shape index (κ2) is 7.54. The molecule has 0 amide bonds. The number of nitrogens with two attached hydrogens (primary N) is 1. The molecule has 4 heteroatoms. The summed E-state index contributed by atoms with van der Waals surface area (Å²) >= 11 is 1.94. The van der Waals surface area contributed by atoms with Crippen molar-refractivity contribution >= 4 is 11.8 Å². The molecule has 0 aromatic heterocycles. The van der Waals surface area contributed by atoms with Gasteiger partial charge in [0.05, 0.1) is 11.7 Å². The van der Waals surface area contributed by atoms with E-state index in [4.69, 9.17) is 10.5 Å². The first-order valence-electron chi connectivity index (χ1n) is 6.32. The van der Waals surface area contributed by atoms with Crippen LogP contribution < -0.4 is 5.73 Å². The molecule has 2 atom stereocenters. The van der Waals surface area contributed by atoms with Crippen LogP contribution in [0.4, 0.5) is 0 Å². The summed E-state index contributed by atoms with van der Waals surface area (Å²) in [5.41, 5.74) is 4.92. The normalized spacial score (nSPS) is 24.6. The van der Waals surface area contributed by atoms with E-state index in [0.29, 0.717) is 12.6 Å². The first kappa shape index (κ1) is 14.3. The predicted molar refractivity (Wildman–Crippen MR) is 69.8 cm³/mol. The lowest BCUT2D eigenvalue weighted by Gasteiger charge is -2.24. The van der Waals surface area contributed by atoms with Crippen LogP contribution in [0.25, 0.3) is 0 Å². The number of rotatable bonds is 8. The van der Waals surface area contributed by atoms with Gasteiger partial charge in [-0.25, -0.2) is 0 Å². The van der Waals surface area contributed by atoms with E-state index in [0.717, 1.165) is 37.4 Å². The van der Waals surface area contributed by atoms with Gasteiger partial charge in [0.1, 0.15) is 0 Å². The second-order valence-electron chi connectivity index (χ2n) is 4.60. The van der Waals surface area contributed by atoms with Crippen LogP contribution in [0.3, 0.4) is 0 Å². The Morgan fingerprint density at radius 3 is 2.94 bits per heavy atom. The lowest BCUT2D eigenvalue weighted by molar-refractivity contribution is 0.0360. The molecule has 0 radical (unpaired) electrons. The van der Waals surface area contributed by atoms with Crippen LogP contribution in [0.15, 0.2) is 0 Å². The number of hydrogen-bond donors (Lipinski definition) is 2. The molecule has 3 nitrogen and oxygen atoms in total. The van der Waals surface area contributed by atoms with Crippen LogP contribution in [0.1, 0.15) is 39.0 Å². The van der Waals surface area contributed by atoms with Crippen LogP contribution in [-0.4, -0.2) is 41.5 Å². The summed E-state index contributed by atoms with van der Waals surface area (Å²) in [5, 5.41) is 9.98. The van der Waals surface area contributed by atoms with Gasteiger partial charge in [0.15, 0.2) is 0 Å². The minimum Gasteiger partial charge on any atom is -0.389 e. The highest BCUT2D eigenvalue weighted by Gasteiger charge is 2.21. The third kappa shape index (κ3) is 5.04. The first-order valence-corrected chi connectivity index (χ1v) is 7.47. The molecule has 1 rings (SSSR count). The molecule has 2 unspecified atom stereocenters. The highest BCUT2D eigenvalue weighted by atomic mass is 32.2. The largest absolute Gasteiger partial charge is 0.389 e. The highest BCUT2D eigenvalue weighted by molar-refractivity contribution is 7.99. The van der Waals surface area contributed by atoms with Gasteiger partial charge in [-0.3, -0.25) is 0 Å². The van der Waals surface area contributed by atoms with Gasteiger partial charge in [-0.2, -0.15) is 11.8 Å². The van der Waals surface area contributed by atoms with Crippen LogP contribution in [0.2, 0.25) is 0 Å². The zero-order chi connectivity index (χ0) is 11.9. The molecule has 0 saturated carbocycles. The van der Waals surface area contributed by atoms with Gasteiger partial charge in [0.2, 0.25) is 0 Å². The van der Waals surface area contributed by atoms with Crippen molar-refractivity contribution < 1.29 is 9.84 Å². The molecule has 16 heavy (non-hydrogen) atoms. The maximum Gasteiger partial charge on any atom is 0.0767 e. The van der Waals surface area contributed by atoms with E-state index in [1.165, 1.54) is 12.8 Å². The molecule has 0 bridgehead atoms. The van der Waals surface area contributed by atoms with Crippen LogP contribution in [0.5, 0.6) is 0 Å². The molecule has 1 heterocycles. The number of ether oxygens (including phenoxy) is 1. The van der Waals surface area contributed by atoms with Crippen molar-refractivity contribution in [1.29, 1.82) is 0 Å². The first-order chi connectivity index (χ1) is 7.70. The van der Waals surface area contributed by atoms with E-state index < -0.39 is 5.60 Å². The average Bonchev–Trinajstić information content (AvgIpc) is 2.81. The zero-order valence-electron chi connectivity index (χ0n) is 10.3. The van der Waals surface area contributed by atoms with E-state index in [9.17, 15) is 5.11 Å². The van der Waals surface area contributed by atoms with Gasteiger partial charge in [-0.15, -0.1) is 0 Å². The maximum atomic E-state index is 9.98.